The average Bonchev–Trinajstić information content (AvgIpc) is 3.10. The van der Waals surface area contributed by atoms with Gasteiger partial charge in [0.15, 0.2) is 0 Å². The summed E-state index contributed by atoms with van der Waals surface area (Å²) in [5.41, 5.74) is 5.08. The molecule has 0 radical (unpaired) electrons. The first-order chi connectivity index (χ1) is 10.4. The normalized spacial score (nSPS) is 14.5. The minimum absolute atomic E-state index is 0.829. The fraction of sp³-hybridized carbons (Fsp3) is 0.412. The third-order valence-corrected chi connectivity index (χ3v) is 4.46. The second-order valence-corrected chi connectivity index (χ2v) is 5.75. The molecule has 0 saturated carbocycles. The summed E-state index contributed by atoms with van der Waals surface area (Å²) in [6, 6.07) is 8.50. The van der Waals surface area contributed by atoms with Crippen LogP contribution in [0.25, 0.3) is 10.9 Å². The second kappa shape index (κ2) is 5.02. The van der Waals surface area contributed by atoms with Gasteiger partial charge in [0, 0.05) is 17.6 Å². The highest BCUT2D eigenvalue weighted by Gasteiger charge is 2.17. The molecule has 1 aliphatic carbocycles. The van der Waals surface area contributed by atoms with E-state index in [9.17, 15) is 0 Å². The van der Waals surface area contributed by atoms with Crippen molar-refractivity contribution in [2.24, 2.45) is 0 Å². The van der Waals surface area contributed by atoms with Gasteiger partial charge in [0.1, 0.15) is 0 Å². The number of aryl methyl sites for hydroxylation is 2. The number of para-hydroxylation sites is 1. The molecule has 4 nitrogen and oxygen atoms in total. The van der Waals surface area contributed by atoms with Crippen LogP contribution in [0.4, 0.5) is 0 Å². The zero-order valence-electron chi connectivity index (χ0n) is 12.4. The van der Waals surface area contributed by atoms with Gasteiger partial charge in [0.25, 0.3) is 0 Å². The van der Waals surface area contributed by atoms with Crippen LogP contribution in [0, 0.1) is 0 Å². The van der Waals surface area contributed by atoms with Crippen molar-refractivity contribution in [3.05, 3.63) is 47.7 Å². The number of fused-ring (bicyclic) bond motifs is 2. The molecule has 0 amide bonds. The van der Waals surface area contributed by atoms with E-state index in [0.29, 0.717) is 0 Å². The largest absolute Gasteiger partial charge is 0.328 e. The molecular weight excluding hydrogens is 260 g/mol. The lowest BCUT2D eigenvalue weighted by Crippen LogP contribution is -2.09. The lowest BCUT2D eigenvalue weighted by atomic mass is 10.0. The molecule has 0 spiro atoms. The van der Waals surface area contributed by atoms with E-state index in [2.05, 4.69) is 45.4 Å². The number of imidazole rings is 1. The van der Waals surface area contributed by atoms with Gasteiger partial charge in [-0.3, -0.25) is 4.68 Å². The predicted octanol–water partition coefficient (Wildman–Crippen LogP) is 3.18. The molecule has 1 aliphatic rings. The highest BCUT2D eigenvalue weighted by molar-refractivity contribution is 5.81. The number of hydrogen-bond donors (Lipinski definition) is 0. The Morgan fingerprint density at radius 1 is 1.14 bits per heavy atom. The number of benzene rings is 1. The molecule has 0 unspecified atom stereocenters. The van der Waals surface area contributed by atoms with E-state index in [4.69, 9.17) is 5.10 Å². The highest BCUT2D eigenvalue weighted by atomic mass is 15.3. The number of rotatable bonds is 3. The standard InChI is InChI=1S/C17H20N4/c1-2-21-16-9-5-3-7-13(16)15(19-21)11-20-12-18-14-8-4-6-10-17(14)20/h3,5,7,9,12H,2,4,6,8,10-11H2,1H3. The zero-order chi connectivity index (χ0) is 14.2. The van der Waals surface area contributed by atoms with Crippen molar-refractivity contribution >= 4 is 10.9 Å². The summed E-state index contributed by atoms with van der Waals surface area (Å²) in [4.78, 5) is 4.59. The second-order valence-electron chi connectivity index (χ2n) is 5.75. The number of hydrogen-bond acceptors (Lipinski definition) is 2. The summed E-state index contributed by atoms with van der Waals surface area (Å²) >= 11 is 0. The van der Waals surface area contributed by atoms with Gasteiger partial charge in [-0.1, -0.05) is 18.2 Å². The molecule has 4 rings (SSSR count). The predicted molar refractivity (Wildman–Crippen MR) is 83.4 cm³/mol. The SMILES string of the molecule is CCn1nc(Cn2cnc3c2CCCC3)c2ccccc21. The molecule has 4 heteroatoms. The van der Waals surface area contributed by atoms with Gasteiger partial charge in [-0.25, -0.2) is 4.98 Å². The van der Waals surface area contributed by atoms with Crippen molar-refractivity contribution in [3.63, 3.8) is 0 Å². The van der Waals surface area contributed by atoms with Gasteiger partial charge < -0.3 is 4.57 Å². The molecular formula is C17H20N4. The molecule has 0 fully saturated rings. The molecule has 0 aliphatic heterocycles. The van der Waals surface area contributed by atoms with E-state index in [0.717, 1.165) is 31.6 Å². The molecule has 0 N–H and O–H groups in total. The van der Waals surface area contributed by atoms with Gasteiger partial charge in [-0.15, -0.1) is 0 Å². The smallest absolute Gasteiger partial charge is 0.0955 e. The van der Waals surface area contributed by atoms with Crippen molar-refractivity contribution in [2.75, 3.05) is 0 Å². The van der Waals surface area contributed by atoms with Crippen LogP contribution in [-0.4, -0.2) is 19.3 Å². The minimum Gasteiger partial charge on any atom is -0.328 e. The van der Waals surface area contributed by atoms with E-state index in [1.165, 1.54) is 35.1 Å². The van der Waals surface area contributed by atoms with Crippen LogP contribution in [-0.2, 0) is 25.9 Å². The van der Waals surface area contributed by atoms with Gasteiger partial charge in [-0.05, 0) is 38.7 Å². The molecule has 0 atom stereocenters. The quantitative estimate of drug-likeness (QED) is 0.738. The van der Waals surface area contributed by atoms with Gasteiger partial charge >= 0.3 is 0 Å². The van der Waals surface area contributed by atoms with Crippen molar-refractivity contribution < 1.29 is 0 Å². The topological polar surface area (TPSA) is 35.6 Å². The van der Waals surface area contributed by atoms with Gasteiger partial charge in [0.2, 0.25) is 0 Å². The monoisotopic (exact) mass is 280 g/mol. The van der Waals surface area contributed by atoms with Crippen molar-refractivity contribution in [3.8, 4) is 0 Å². The summed E-state index contributed by atoms with van der Waals surface area (Å²) < 4.78 is 4.39. The van der Waals surface area contributed by atoms with Crippen molar-refractivity contribution in [1.82, 2.24) is 19.3 Å². The first-order valence-corrected chi connectivity index (χ1v) is 7.84. The van der Waals surface area contributed by atoms with E-state index >= 15 is 0 Å². The van der Waals surface area contributed by atoms with E-state index in [1.807, 2.05) is 6.33 Å². The Morgan fingerprint density at radius 3 is 2.90 bits per heavy atom. The first-order valence-electron chi connectivity index (χ1n) is 7.84. The third kappa shape index (κ3) is 2.06. The first kappa shape index (κ1) is 12.6. The Bertz CT molecular complexity index is 781. The Kier molecular flexibility index (Phi) is 3.02. The van der Waals surface area contributed by atoms with E-state index in [-0.39, 0.29) is 0 Å². The van der Waals surface area contributed by atoms with Crippen LogP contribution in [0.3, 0.4) is 0 Å². The molecule has 21 heavy (non-hydrogen) atoms. The molecule has 0 bridgehead atoms. The van der Waals surface area contributed by atoms with Gasteiger partial charge in [0.05, 0.1) is 29.8 Å². The number of aromatic nitrogens is 4. The summed E-state index contributed by atoms with van der Waals surface area (Å²) in [7, 11) is 0. The fourth-order valence-electron chi connectivity index (χ4n) is 3.38. The average molecular weight is 280 g/mol. The minimum atomic E-state index is 0.829. The summed E-state index contributed by atoms with van der Waals surface area (Å²) in [5, 5.41) is 6.06. The summed E-state index contributed by atoms with van der Waals surface area (Å²) in [6.45, 7) is 3.88. The Balaban J connectivity index is 1.76. The van der Waals surface area contributed by atoms with Crippen molar-refractivity contribution in [2.45, 2.75) is 45.7 Å². The van der Waals surface area contributed by atoms with Crippen LogP contribution in [0.5, 0.6) is 0 Å². The zero-order valence-corrected chi connectivity index (χ0v) is 12.4. The van der Waals surface area contributed by atoms with Gasteiger partial charge in [-0.2, -0.15) is 5.10 Å². The third-order valence-electron chi connectivity index (χ3n) is 4.46. The molecule has 2 heterocycles. The Labute approximate surface area is 124 Å². The Hall–Kier alpha value is -2.10. The number of nitrogens with zero attached hydrogens (tertiary/aromatic N) is 4. The fourth-order valence-corrected chi connectivity index (χ4v) is 3.38. The van der Waals surface area contributed by atoms with Crippen LogP contribution in [0.2, 0.25) is 0 Å². The maximum absolute atomic E-state index is 4.80. The lowest BCUT2D eigenvalue weighted by molar-refractivity contribution is 0.613. The maximum Gasteiger partial charge on any atom is 0.0955 e. The van der Waals surface area contributed by atoms with Crippen molar-refractivity contribution in [1.29, 1.82) is 0 Å². The van der Waals surface area contributed by atoms with Crippen LogP contribution >= 0.6 is 0 Å². The van der Waals surface area contributed by atoms with E-state index < -0.39 is 0 Å². The Morgan fingerprint density at radius 2 is 2.00 bits per heavy atom. The molecule has 2 aromatic heterocycles. The summed E-state index contributed by atoms with van der Waals surface area (Å²) in [6.07, 6.45) is 6.84. The summed E-state index contributed by atoms with van der Waals surface area (Å²) in [5.74, 6) is 0. The van der Waals surface area contributed by atoms with Crippen LogP contribution < -0.4 is 0 Å². The highest BCUT2D eigenvalue weighted by Crippen LogP contribution is 2.23. The maximum atomic E-state index is 4.80. The molecule has 3 aromatic rings. The molecule has 108 valence electrons. The molecule has 1 aromatic carbocycles. The van der Waals surface area contributed by atoms with Crippen LogP contribution in [0.15, 0.2) is 30.6 Å². The lowest BCUT2D eigenvalue weighted by Gasteiger charge is -2.13. The van der Waals surface area contributed by atoms with E-state index in [1.54, 1.807) is 0 Å². The van der Waals surface area contributed by atoms with Crippen LogP contribution in [0.1, 0.15) is 36.8 Å². The molecule has 0 saturated heterocycles.